The lowest BCUT2D eigenvalue weighted by Gasteiger charge is -2.49. The summed E-state index contributed by atoms with van der Waals surface area (Å²) < 4.78 is 124. The Bertz CT molecular complexity index is 3270. The SMILES string of the molecule is CCCCCCCCCCCCCCCC(=O)OC[C@@H](COP(=O)(OCCC#N)OC1[C@H](OCOCc2ccccc2)[C@H](OCc2ccccc2)C(OP(=O)(OCc2ccccc2)OCc2ccccc2)[C@H](OCc2ccccc2)[C@H]1OCOCc1ccccc1)OC(=O)CCCCCCCCCCCCCCC. The molecule has 0 aliphatic heterocycles. The van der Waals surface area contributed by atoms with Gasteiger partial charge in [-0.05, 0) is 46.2 Å². The molecule has 0 N–H and O–H groups in total. The molecule has 0 radical (unpaired) electrons. The first kappa shape index (κ1) is 89.9. The van der Waals surface area contributed by atoms with Crippen molar-refractivity contribution in [2.45, 2.75) is 282 Å². The highest BCUT2D eigenvalue weighted by Crippen LogP contribution is 2.57. The van der Waals surface area contributed by atoms with Crippen molar-refractivity contribution in [3.8, 4) is 6.07 Å². The van der Waals surface area contributed by atoms with Gasteiger partial charge in [0.25, 0.3) is 0 Å². The number of ether oxygens (including phenoxy) is 8. The largest absolute Gasteiger partial charge is 0.475 e. The zero-order valence-corrected chi connectivity index (χ0v) is 66.6. The maximum Gasteiger partial charge on any atom is 0.475 e. The van der Waals surface area contributed by atoms with Crippen LogP contribution < -0.4 is 0 Å². The van der Waals surface area contributed by atoms with Crippen LogP contribution in [-0.4, -0.2) is 88.1 Å². The number of unbranched alkanes of at least 4 members (excludes halogenated alkanes) is 24. The van der Waals surface area contributed by atoms with E-state index in [1.807, 2.05) is 182 Å². The average molecular weight is 1540 g/mol. The molecule has 598 valence electrons. The van der Waals surface area contributed by atoms with Crippen molar-refractivity contribution in [1.82, 2.24) is 0 Å². The molecule has 3 unspecified atom stereocenters. The van der Waals surface area contributed by atoms with E-state index in [1.165, 1.54) is 103 Å². The van der Waals surface area contributed by atoms with Gasteiger partial charge in [-0.15, -0.1) is 0 Å². The van der Waals surface area contributed by atoms with Gasteiger partial charge in [-0.25, -0.2) is 9.13 Å². The van der Waals surface area contributed by atoms with Crippen molar-refractivity contribution in [3.63, 3.8) is 0 Å². The quantitative estimate of drug-likeness (QED) is 0.0150. The van der Waals surface area contributed by atoms with Gasteiger partial charge in [0.05, 0.1) is 65.3 Å². The summed E-state index contributed by atoms with van der Waals surface area (Å²) in [6, 6.07) is 57.9. The van der Waals surface area contributed by atoms with Gasteiger partial charge in [0.1, 0.15) is 56.8 Å². The van der Waals surface area contributed by atoms with Gasteiger partial charge in [-0.1, -0.05) is 350 Å². The second kappa shape index (κ2) is 56.0. The van der Waals surface area contributed by atoms with Gasteiger partial charge in [-0.3, -0.25) is 36.7 Å². The van der Waals surface area contributed by atoms with E-state index in [0.717, 1.165) is 62.5 Å². The fourth-order valence-corrected chi connectivity index (χ4v) is 15.6. The van der Waals surface area contributed by atoms with E-state index in [-0.39, 0.29) is 58.9 Å². The maximum atomic E-state index is 16.3. The lowest BCUT2D eigenvalue weighted by atomic mass is 9.84. The molecule has 21 heteroatoms. The molecule has 6 aromatic rings. The van der Waals surface area contributed by atoms with Crippen molar-refractivity contribution in [2.24, 2.45) is 0 Å². The predicted molar refractivity (Wildman–Crippen MR) is 423 cm³/mol. The van der Waals surface area contributed by atoms with Crippen molar-refractivity contribution >= 4 is 27.6 Å². The van der Waals surface area contributed by atoms with Gasteiger partial charge < -0.3 is 37.9 Å². The highest BCUT2D eigenvalue weighted by Gasteiger charge is 2.59. The molecule has 1 aliphatic carbocycles. The molecule has 0 heterocycles. The molecule has 0 saturated heterocycles. The summed E-state index contributed by atoms with van der Waals surface area (Å²) in [5.41, 5.74) is 4.40. The van der Waals surface area contributed by atoms with Crippen LogP contribution in [0.4, 0.5) is 0 Å². The zero-order chi connectivity index (χ0) is 76.8. The van der Waals surface area contributed by atoms with Crippen LogP contribution in [0.3, 0.4) is 0 Å². The summed E-state index contributed by atoms with van der Waals surface area (Å²) in [5, 5.41) is 10.0. The number of nitrogens with zero attached hydrogens (tertiary/aromatic N) is 1. The average Bonchev–Trinajstić information content (AvgIpc) is 0.752. The highest BCUT2D eigenvalue weighted by molar-refractivity contribution is 7.48. The minimum absolute atomic E-state index is 0.0757. The molecular weight excluding hydrogens is 1420 g/mol. The Morgan fingerprint density at radius 2 is 0.651 bits per heavy atom. The molecule has 6 aromatic carbocycles. The van der Waals surface area contributed by atoms with E-state index < -0.39 is 104 Å². The van der Waals surface area contributed by atoms with Gasteiger partial charge in [0.15, 0.2) is 6.10 Å². The van der Waals surface area contributed by atoms with E-state index >= 15 is 9.13 Å². The molecule has 0 bridgehead atoms. The van der Waals surface area contributed by atoms with Gasteiger partial charge in [0, 0.05) is 12.8 Å². The number of benzene rings is 6. The van der Waals surface area contributed by atoms with Crippen molar-refractivity contribution in [2.75, 3.05) is 33.4 Å². The fourth-order valence-electron chi connectivity index (χ4n) is 12.9. The third-order valence-electron chi connectivity index (χ3n) is 19.0. The summed E-state index contributed by atoms with van der Waals surface area (Å²) in [5.74, 6) is -1.05. The van der Waals surface area contributed by atoms with E-state index in [1.54, 1.807) is 0 Å². The summed E-state index contributed by atoms with van der Waals surface area (Å²) in [7, 11) is -9.98. The molecule has 0 aromatic heterocycles. The first-order valence-electron chi connectivity index (χ1n) is 40.3. The predicted octanol–water partition coefficient (Wildman–Crippen LogP) is 22.1. The maximum absolute atomic E-state index is 16.3. The number of hydrogen-bond acceptors (Lipinski definition) is 19. The fraction of sp³-hybridized carbons (Fsp3) is 0.557. The number of phosphoric ester groups is 2. The number of hydrogen-bond donors (Lipinski definition) is 0. The minimum atomic E-state index is -5.14. The van der Waals surface area contributed by atoms with Crippen LogP contribution in [0.25, 0.3) is 0 Å². The first-order valence-corrected chi connectivity index (χ1v) is 43.2. The highest BCUT2D eigenvalue weighted by atomic mass is 31.2. The Labute approximate surface area is 650 Å². The third-order valence-corrected chi connectivity index (χ3v) is 21.8. The summed E-state index contributed by atoms with van der Waals surface area (Å²) in [6.07, 6.45) is 19.0. The molecule has 0 amide bonds. The lowest BCUT2D eigenvalue weighted by molar-refractivity contribution is -0.286. The smallest absolute Gasteiger partial charge is 0.462 e. The van der Waals surface area contributed by atoms with Gasteiger partial charge in [0.2, 0.25) is 0 Å². The first-order chi connectivity index (χ1) is 53.6. The summed E-state index contributed by atoms with van der Waals surface area (Å²) >= 11 is 0. The van der Waals surface area contributed by atoms with E-state index in [0.29, 0.717) is 35.1 Å². The number of esters is 2. The Balaban J connectivity index is 1.23. The standard InChI is InChI=1S/C88H123NO18P2/c1-3-5-7-9-11-13-15-17-19-21-23-25-45-60-81(90)96-70-80(105-82(91)61-46-26-24-22-20-18-16-14-12-10-8-6-4-2)71-104-108(92,101-63-47-62-89)106-88-85(99-72-94-64-74-48-33-27-34-49-74)83(97-66-76-52-37-29-38-53-76)87(107-109(93,102-68-78-56-41-31-42-57-78)103-69-79-58-43-32-44-59-79)84(98-67-77-54-39-30-40-55-77)86(88)100-73-95-65-75-50-35-28-36-51-75/h27-44,48-59,80,83-88H,3-26,45-47,60-61,63-73H2,1-2H3/t80-,83-,84+,85+,86+,87?,88?,108?/m0/s1. The van der Waals surface area contributed by atoms with Crippen LogP contribution in [0.15, 0.2) is 182 Å². The number of carbonyl (C=O) groups is 2. The van der Waals surface area contributed by atoms with Crippen LogP contribution in [0.2, 0.25) is 0 Å². The molecule has 19 nitrogen and oxygen atoms in total. The van der Waals surface area contributed by atoms with Crippen LogP contribution in [-0.2, 0) is 123 Å². The normalized spacial score (nSPS) is 17.3. The Morgan fingerprint density at radius 1 is 0.349 bits per heavy atom. The molecule has 1 saturated carbocycles. The topological polar surface area (TPSA) is 221 Å². The third kappa shape index (κ3) is 38.2. The summed E-state index contributed by atoms with van der Waals surface area (Å²) in [6.45, 7) is 1.49. The molecule has 1 aliphatic rings. The molecular formula is C88H123NO18P2. The number of rotatable bonds is 63. The van der Waals surface area contributed by atoms with Crippen LogP contribution in [0.5, 0.6) is 0 Å². The Hall–Kier alpha value is -6.27. The number of phosphoric acid groups is 2. The van der Waals surface area contributed by atoms with E-state index in [2.05, 4.69) is 19.9 Å². The Kier molecular flexibility index (Phi) is 46.2. The second-order valence-corrected chi connectivity index (χ2v) is 31.3. The number of nitriles is 1. The summed E-state index contributed by atoms with van der Waals surface area (Å²) in [4.78, 5) is 27.7. The van der Waals surface area contributed by atoms with Crippen molar-refractivity contribution in [3.05, 3.63) is 215 Å². The monoisotopic (exact) mass is 1540 g/mol. The molecule has 7 rings (SSSR count). The molecule has 8 atom stereocenters. The lowest BCUT2D eigenvalue weighted by Crippen LogP contribution is -2.67. The van der Waals surface area contributed by atoms with Crippen molar-refractivity contribution < 1.29 is 83.8 Å². The Morgan fingerprint density at radius 3 is 1.00 bits per heavy atom. The molecule has 1 fully saturated rings. The van der Waals surface area contributed by atoms with Crippen LogP contribution in [0, 0.1) is 11.3 Å². The van der Waals surface area contributed by atoms with E-state index in [4.69, 9.17) is 65.0 Å². The second-order valence-electron chi connectivity index (χ2n) is 28.1. The van der Waals surface area contributed by atoms with E-state index in [9.17, 15) is 14.9 Å². The molecule has 109 heavy (non-hydrogen) atoms. The van der Waals surface area contributed by atoms with Crippen LogP contribution >= 0.6 is 15.6 Å². The van der Waals surface area contributed by atoms with Gasteiger partial charge in [-0.2, -0.15) is 5.26 Å². The zero-order valence-electron chi connectivity index (χ0n) is 64.8. The van der Waals surface area contributed by atoms with Crippen molar-refractivity contribution in [1.29, 1.82) is 5.26 Å². The van der Waals surface area contributed by atoms with Gasteiger partial charge >= 0.3 is 27.6 Å². The van der Waals surface area contributed by atoms with Crippen LogP contribution in [0.1, 0.15) is 233 Å². The molecule has 0 spiro atoms. The number of carbonyl (C=O) groups excluding carboxylic acids is 2. The minimum Gasteiger partial charge on any atom is -0.462 e.